The van der Waals surface area contributed by atoms with Gasteiger partial charge in [-0.05, 0) is 117 Å². The smallest absolute Gasteiger partial charge is 0.315 e. The molecule has 7 rings (SSSR count). The van der Waals surface area contributed by atoms with E-state index in [1.54, 1.807) is 0 Å². The third-order valence-corrected chi connectivity index (χ3v) is 14.2. The molecule has 0 aromatic rings. The molecule has 2 aliphatic heterocycles. The Labute approximate surface area is 237 Å². The lowest BCUT2D eigenvalue weighted by Gasteiger charge is -2.61. The summed E-state index contributed by atoms with van der Waals surface area (Å²) in [7, 11) is 0. The number of carbonyl (C=O) groups excluding carboxylic acids is 1. The summed E-state index contributed by atoms with van der Waals surface area (Å²) in [5, 5.41) is 6.71. The van der Waals surface area contributed by atoms with Crippen LogP contribution in [0.15, 0.2) is 0 Å². The van der Waals surface area contributed by atoms with Gasteiger partial charge < -0.3 is 20.1 Å². The molecule has 0 unspecified atom stereocenters. The summed E-state index contributed by atoms with van der Waals surface area (Å²) >= 11 is 0. The van der Waals surface area contributed by atoms with E-state index >= 15 is 0 Å². The van der Waals surface area contributed by atoms with E-state index in [0.717, 1.165) is 56.0 Å². The van der Waals surface area contributed by atoms with Crippen molar-refractivity contribution in [3.8, 4) is 0 Å². The minimum Gasteiger partial charge on any atom is -0.349 e. The van der Waals surface area contributed by atoms with Crippen LogP contribution in [-0.2, 0) is 9.47 Å². The van der Waals surface area contributed by atoms with E-state index in [9.17, 15) is 4.79 Å². The van der Waals surface area contributed by atoms with E-state index in [1.165, 1.54) is 70.6 Å². The van der Waals surface area contributed by atoms with E-state index in [2.05, 4.69) is 38.3 Å². The molecule has 2 saturated heterocycles. The summed E-state index contributed by atoms with van der Waals surface area (Å²) in [5.74, 6) is 4.80. The highest BCUT2D eigenvalue weighted by molar-refractivity contribution is 5.74. The monoisotopic (exact) mass is 540 g/mol. The molecule has 0 radical (unpaired) electrons. The Hall–Kier alpha value is -0.810. The van der Waals surface area contributed by atoms with Crippen LogP contribution >= 0.6 is 0 Å². The van der Waals surface area contributed by atoms with Crippen molar-refractivity contribution in [2.24, 2.45) is 52.3 Å². The number of amides is 2. The first-order chi connectivity index (χ1) is 18.7. The highest BCUT2D eigenvalue weighted by Gasteiger charge is 2.69. The maximum atomic E-state index is 12.8. The topological polar surface area (TPSA) is 59.6 Å². The van der Waals surface area contributed by atoms with Gasteiger partial charge in [0, 0.05) is 24.4 Å². The Morgan fingerprint density at radius 3 is 2.31 bits per heavy atom. The zero-order valence-electron chi connectivity index (χ0n) is 25.3. The van der Waals surface area contributed by atoms with E-state index < -0.39 is 0 Å². The second kappa shape index (κ2) is 9.89. The number of hydrogen-bond donors (Lipinski definition) is 2. The Bertz CT molecular complexity index is 925. The average Bonchev–Trinajstić information content (AvgIpc) is 3.36. The highest BCUT2D eigenvalue weighted by Crippen LogP contribution is 2.71. The molecule has 0 aromatic heterocycles. The fourth-order valence-corrected chi connectivity index (χ4v) is 12.1. The summed E-state index contributed by atoms with van der Waals surface area (Å²) in [5.41, 5.74) is 0.844. The van der Waals surface area contributed by atoms with Gasteiger partial charge in [0.25, 0.3) is 0 Å². The van der Waals surface area contributed by atoms with Crippen LogP contribution in [0.2, 0.25) is 0 Å². The fourth-order valence-electron chi connectivity index (χ4n) is 12.1. The van der Waals surface area contributed by atoms with Crippen LogP contribution in [-0.4, -0.2) is 36.6 Å². The number of nitrogens with one attached hydrogen (secondary N) is 2. The van der Waals surface area contributed by atoms with Gasteiger partial charge in [0.05, 0.1) is 12.7 Å². The Kier molecular flexibility index (Phi) is 6.86. The molecule has 2 heterocycles. The van der Waals surface area contributed by atoms with Crippen molar-refractivity contribution in [1.82, 2.24) is 10.6 Å². The molecule has 5 nitrogen and oxygen atoms in total. The second-order valence-electron chi connectivity index (χ2n) is 16.1. The van der Waals surface area contributed by atoms with Gasteiger partial charge in [-0.3, -0.25) is 0 Å². The number of carbonyl (C=O) groups is 1. The lowest BCUT2D eigenvalue weighted by molar-refractivity contribution is -0.273. The van der Waals surface area contributed by atoms with Gasteiger partial charge in [-0.1, -0.05) is 47.0 Å². The fraction of sp³-hybridized carbons (Fsp3) is 0.971. The Morgan fingerprint density at radius 1 is 0.769 bits per heavy atom. The molecule has 12 atom stereocenters. The van der Waals surface area contributed by atoms with Gasteiger partial charge in [-0.15, -0.1) is 0 Å². The average molecular weight is 541 g/mol. The van der Waals surface area contributed by atoms with Crippen LogP contribution in [0.3, 0.4) is 0 Å². The number of ether oxygens (including phenoxy) is 2. The van der Waals surface area contributed by atoms with Gasteiger partial charge in [0.1, 0.15) is 0 Å². The lowest BCUT2D eigenvalue weighted by Crippen LogP contribution is -2.57. The molecule has 0 bridgehead atoms. The molecular formula is C34H56N2O3. The predicted molar refractivity (Wildman–Crippen MR) is 154 cm³/mol. The molecule has 5 heteroatoms. The van der Waals surface area contributed by atoms with Crippen molar-refractivity contribution >= 4 is 6.03 Å². The normalized spacial score (nSPS) is 53.4. The van der Waals surface area contributed by atoms with Crippen LogP contribution in [0, 0.1) is 52.3 Å². The van der Waals surface area contributed by atoms with Crippen molar-refractivity contribution in [3.05, 3.63) is 0 Å². The molecule has 1 spiro atoms. The summed E-state index contributed by atoms with van der Waals surface area (Å²) in [4.78, 5) is 12.8. The molecular weight excluding hydrogens is 484 g/mol. The van der Waals surface area contributed by atoms with Crippen molar-refractivity contribution < 1.29 is 14.3 Å². The van der Waals surface area contributed by atoms with Gasteiger partial charge in [0.15, 0.2) is 5.79 Å². The van der Waals surface area contributed by atoms with E-state index in [1.807, 2.05) is 0 Å². The third kappa shape index (κ3) is 4.33. The van der Waals surface area contributed by atoms with Crippen molar-refractivity contribution in [3.63, 3.8) is 0 Å². The zero-order valence-corrected chi connectivity index (χ0v) is 25.3. The zero-order chi connectivity index (χ0) is 27.0. The first kappa shape index (κ1) is 27.0. The van der Waals surface area contributed by atoms with E-state index in [-0.39, 0.29) is 11.8 Å². The SMILES string of the molecule is C[C@@H]1CC[C@@]2(OC1)O[C@H]1C[C@H]3[C@@H]4CC[C@@H]5C[C@H](NC(=O)NC6CCCCC6)CC[C@]5(C)[C@H]4CC[C@]3(C)[C@H]1[C@@H]2C. The van der Waals surface area contributed by atoms with Crippen LogP contribution in [0.1, 0.15) is 124 Å². The molecule has 7 fully saturated rings. The summed E-state index contributed by atoms with van der Waals surface area (Å²) in [6.45, 7) is 11.0. The largest absolute Gasteiger partial charge is 0.349 e. The maximum Gasteiger partial charge on any atom is 0.315 e. The highest BCUT2D eigenvalue weighted by atomic mass is 16.7. The quantitative estimate of drug-likeness (QED) is 0.383. The Balaban J connectivity index is 1.00. The molecule has 2 amide bonds. The van der Waals surface area contributed by atoms with Crippen LogP contribution < -0.4 is 10.6 Å². The summed E-state index contributed by atoms with van der Waals surface area (Å²) in [6.07, 6.45) is 19.3. The number of hydrogen-bond acceptors (Lipinski definition) is 3. The first-order valence-electron chi connectivity index (χ1n) is 17.1. The molecule has 2 N–H and O–H groups in total. The molecule has 5 saturated carbocycles. The van der Waals surface area contributed by atoms with Crippen molar-refractivity contribution in [1.29, 1.82) is 0 Å². The standard InChI is InChI=1S/C34H56N2O3/c1-21-12-17-34(38-20-21)22(2)30-29(39-34)19-28-26-11-10-23-18-25(36-31(37)35-24-8-6-5-7-9-24)13-15-32(23,3)27(26)14-16-33(28,30)4/h21-30H,5-20H2,1-4H3,(H2,35,36,37)/t21-,22+,23-,25-,26-,27+,28+,29+,30+,32+,33+,34-/m1/s1. The number of urea groups is 1. The maximum absolute atomic E-state index is 12.8. The second-order valence-corrected chi connectivity index (χ2v) is 16.1. The van der Waals surface area contributed by atoms with Crippen LogP contribution in [0.4, 0.5) is 4.79 Å². The Morgan fingerprint density at radius 2 is 1.54 bits per heavy atom. The van der Waals surface area contributed by atoms with Crippen LogP contribution in [0.5, 0.6) is 0 Å². The van der Waals surface area contributed by atoms with Crippen molar-refractivity contribution in [2.75, 3.05) is 6.61 Å². The minimum atomic E-state index is -0.301. The van der Waals surface area contributed by atoms with Gasteiger partial charge in [-0.2, -0.15) is 0 Å². The molecule has 5 aliphatic carbocycles. The van der Waals surface area contributed by atoms with E-state index in [4.69, 9.17) is 9.47 Å². The minimum absolute atomic E-state index is 0.0958. The first-order valence-corrected chi connectivity index (χ1v) is 17.1. The van der Waals surface area contributed by atoms with Gasteiger partial charge >= 0.3 is 6.03 Å². The molecule has 0 aromatic carbocycles. The molecule has 220 valence electrons. The molecule has 7 aliphatic rings. The third-order valence-electron chi connectivity index (χ3n) is 14.2. The van der Waals surface area contributed by atoms with Crippen molar-refractivity contribution in [2.45, 2.75) is 148 Å². The number of fused-ring (bicyclic) bond motifs is 7. The van der Waals surface area contributed by atoms with Gasteiger partial charge in [-0.25, -0.2) is 4.79 Å². The number of rotatable bonds is 2. The summed E-state index contributed by atoms with van der Waals surface area (Å²) < 4.78 is 13.5. The molecule has 39 heavy (non-hydrogen) atoms. The van der Waals surface area contributed by atoms with Gasteiger partial charge in [0.2, 0.25) is 0 Å². The lowest BCUT2D eigenvalue weighted by atomic mass is 9.44. The van der Waals surface area contributed by atoms with E-state index in [0.29, 0.717) is 46.8 Å². The van der Waals surface area contributed by atoms with Crippen LogP contribution in [0.25, 0.3) is 0 Å². The predicted octanol–water partition coefficient (Wildman–Crippen LogP) is 7.43. The summed E-state index contributed by atoms with van der Waals surface area (Å²) in [6, 6.07) is 0.838.